The second-order valence-electron chi connectivity index (χ2n) is 5.96. The highest BCUT2D eigenvalue weighted by Crippen LogP contribution is 2.25. The molecule has 0 saturated carbocycles. The number of carbonyl (C=O) groups is 1. The Morgan fingerprint density at radius 1 is 1.12 bits per heavy atom. The molecule has 0 aliphatic heterocycles. The van der Waals surface area contributed by atoms with Crippen LogP contribution < -0.4 is 9.46 Å². The lowest BCUT2D eigenvalue weighted by Crippen LogP contribution is -2.28. The molecule has 0 bridgehead atoms. The zero-order valence-electron chi connectivity index (χ0n) is 15.1. The number of ether oxygens (including phenoxy) is 2. The molecule has 0 amide bonds. The van der Waals surface area contributed by atoms with Crippen LogP contribution in [0.4, 0.5) is 0 Å². The van der Waals surface area contributed by atoms with E-state index in [1.54, 1.807) is 0 Å². The van der Waals surface area contributed by atoms with Crippen molar-refractivity contribution in [2.45, 2.75) is 24.7 Å². The zero-order valence-corrected chi connectivity index (χ0v) is 15.9. The number of rotatable bonds is 8. The van der Waals surface area contributed by atoms with Crippen LogP contribution in [-0.2, 0) is 14.8 Å². The smallest absolute Gasteiger partial charge is 0.337 e. The Bertz CT molecular complexity index is 862. The number of benzene rings is 2. The Labute approximate surface area is 154 Å². The van der Waals surface area contributed by atoms with E-state index in [-0.39, 0.29) is 23.6 Å². The highest BCUT2D eigenvalue weighted by Gasteiger charge is 2.16. The minimum Gasteiger partial charge on any atom is -0.492 e. The van der Waals surface area contributed by atoms with Gasteiger partial charge in [-0.2, -0.15) is 0 Å². The predicted molar refractivity (Wildman–Crippen MR) is 99.0 cm³/mol. The number of para-hydroxylation sites is 1. The lowest BCUT2D eigenvalue weighted by Gasteiger charge is -2.14. The molecule has 6 nitrogen and oxygen atoms in total. The molecule has 0 aromatic heterocycles. The largest absolute Gasteiger partial charge is 0.492 e. The van der Waals surface area contributed by atoms with Crippen molar-refractivity contribution in [3.63, 3.8) is 0 Å². The standard InChI is InChI=1S/C19H23NO5S/c1-14(2)17-9-4-5-10-18(17)25-12-11-20-26(22,23)16-8-6-7-15(13-16)19(21)24-3/h4-10,13-14,20H,11-12H2,1-3H3. The normalized spacial score (nSPS) is 11.4. The van der Waals surface area contributed by atoms with Gasteiger partial charge >= 0.3 is 5.97 Å². The van der Waals surface area contributed by atoms with E-state index in [0.29, 0.717) is 5.92 Å². The minimum atomic E-state index is -3.74. The summed E-state index contributed by atoms with van der Waals surface area (Å²) in [4.78, 5) is 11.5. The fraction of sp³-hybridized carbons (Fsp3) is 0.316. The average molecular weight is 377 g/mol. The summed E-state index contributed by atoms with van der Waals surface area (Å²) in [6, 6.07) is 13.4. The Morgan fingerprint density at radius 2 is 1.85 bits per heavy atom. The third-order valence-corrected chi connectivity index (χ3v) is 5.22. The Morgan fingerprint density at radius 3 is 2.54 bits per heavy atom. The first-order chi connectivity index (χ1) is 12.3. The molecule has 0 atom stereocenters. The lowest BCUT2D eigenvalue weighted by atomic mass is 10.0. The third kappa shape index (κ3) is 5.06. The van der Waals surface area contributed by atoms with Gasteiger partial charge in [0.2, 0.25) is 10.0 Å². The third-order valence-electron chi connectivity index (χ3n) is 3.76. The van der Waals surface area contributed by atoms with Gasteiger partial charge in [-0.15, -0.1) is 0 Å². The SMILES string of the molecule is COC(=O)c1cccc(S(=O)(=O)NCCOc2ccccc2C(C)C)c1. The summed E-state index contributed by atoms with van der Waals surface area (Å²) in [5, 5.41) is 0. The molecule has 0 heterocycles. The quantitative estimate of drug-likeness (QED) is 0.565. The molecule has 2 rings (SSSR count). The van der Waals surface area contributed by atoms with E-state index in [4.69, 9.17) is 4.74 Å². The highest BCUT2D eigenvalue weighted by atomic mass is 32.2. The van der Waals surface area contributed by atoms with Crippen molar-refractivity contribution in [3.8, 4) is 5.75 Å². The molecule has 2 aromatic carbocycles. The van der Waals surface area contributed by atoms with Crippen molar-refractivity contribution in [2.75, 3.05) is 20.3 Å². The first-order valence-corrected chi connectivity index (χ1v) is 9.73. The van der Waals surface area contributed by atoms with Crippen LogP contribution >= 0.6 is 0 Å². The molecule has 0 radical (unpaired) electrons. The van der Waals surface area contributed by atoms with Crippen molar-refractivity contribution >= 4 is 16.0 Å². The van der Waals surface area contributed by atoms with Crippen LogP contribution in [-0.4, -0.2) is 34.6 Å². The molecule has 140 valence electrons. The van der Waals surface area contributed by atoms with E-state index in [1.165, 1.54) is 31.4 Å². The molecule has 0 aliphatic rings. The van der Waals surface area contributed by atoms with Gasteiger partial charge in [0.1, 0.15) is 12.4 Å². The Hall–Kier alpha value is -2.38. The van der Waals surface area contributed by atoms with Gasteiger partial charge in [-0.1, -0.05) is 38.1 Å². The van der Waals surface area contributed by atoms with E-state index < -0.39 is 16.0 Å². The number of hydrogen-bond acceptors (Lipinski definition) is 5. The summed E-state index contributed by atoms with van der Waals surface area (Å²) in [5.41, 5.74) is 1.25. The lowest BCUT2D eigenvalue weighted by molar-refractivity contribution is 0.0600. The van der Waals surface area contributed by atoms with Crippen LogP contribution in [0, 0.1) is 0 Å². The van der Waals surface area contributed by atoms with Gasteiger partial charge in [0.05, 0.1) is 17.6 Å². The molecule has 26 heavy (non-hydrogen) atoms. The number of carbonyl (C=O) groups excluding carboxylic acids is 1. The van der Waals surface area contributed by atoms with Crippen LogP contribution in [0.5, 0.6) is 5.75 Å². The summed E-state index contributed by atoms with van der Waals surface area (Å²) >= 11 is 0. The average Bonchev–Trinajstić information content (AvgIpc) is 2.65. The molecular formula is C19H23NO5S. The number of hydrogen-bond donors (Lipinski definition) is 1. The molecule has 0 saturated heterocycles. The van der Waals surface area contributed by atoms with Gasteiger partial charge < -0.3 is 9.47 Å². The minimum absolute atomic E-state index is 0.00276. The Balaban J connectivity index is 1.98. The summed E-state index contributed by atoms with van der Waals surface area (Å²) in [7, 11) is -2.50. The fourth-order valence-corrected chi connectivity index (χ4v) is 3.48. The summed E-state index contributed by atoms with van der Waals surface area (Å²) < 4.78 is 37.5. The van der Waals surface area contributed by atoms with E-state index in [0.717, 1.165) is 11.3 Å². The molecule has 2 aromatic rings. The maximum Gasteiger partial charge on any atom is 0.337 e. The van der Waals surface area contributed by atoms with Gasteiger partial charge in [-0.3, -0.25) is 0 Å². The van der Waals surface area contributed by atoms with Crippen LogP contribution in [0.1, 0.15) is 35.7 Å². The van der Waals surface area contributed by atoms with Crippen molar-refractivity contribution in [1.82, 2.24) is 4.72 Å². The maximum absolute atomic E-state index is 12.4. The van der Waals surface area contributed by atoms with Crippen molar-refractivity contribution in [3.05, 3.63) is 59.7 Å². The zero-order chi connectivity index (χ0) is 19.2. The van der Waals surface area contributed by atoms with Gasteiger partial charge in [0.25, 0.3) is 0 Å². The molecule has 0 unspecified atom stereocenters. The number of methoxy groups -OCH3 is 1. The molecule has 0 fully saturated rings. The number of sulfonamides is 1. The van der Waals surface area contributed by atoms with Crippen LogP contribution in [0.3, 0.4) is 0 Å². The summed E-state index contributed by atoms with van der Waals surface area (Å²) in [5.74, 6) is 0.467. The predicted octanol–water partition coefficient (Wildman–Crippen LogP) is 2.95. The van der Waals surface area contributed by atoms with Gasteiger partial charge in [0.15, 0.2) is 0 Å². The van der Waals surface area contributed by atoms with Crippen molar-refractivity contribution in [1.29, 1.82) is 0 Å². The van der Waals surface area contributed by atoms with Crippen LogP contribution in [0.2, 0.25) is 0 Å². The summed E-state index contributed by atoms with van der Waals surface area (Å²) in [6.07, 6.45) is 0. The summed E-state index contributed by atoms with van der Waals surface area (Å²) in [6.45, 7) is 4.44. The van der Waals surface area contributed by atoms with Crippen molar-refractivity contribution in [2.24, 2.45) is 0 Å². The molecular weight excluding hydrogens is 354 g/mol. The highest BCUT2D eigenvalue weighted by molar-refractivity contribution is 7.89. The van der Waals surface area contributed by atoms with Crippen molar-refractivity contribution < 1.29 is 22.7 Å². The maximum atomic E-state index is 12.4. The second-order valence-corrected chi connectivity index (χ2v) is 7.73. The van der Waals surface area contributed by atoms with Gasteiger partial charge in [-0.05, 0) is 35.7 Å². The molecule has 0 spiro atoms. The first kappa shape index (κ1) is 19.9. The van der Waals surface area contributed by atoms with Crippen LogP contribution in [0.25, 0.3) is 0 Å². The van der Waals surface area contributed by atoms with E-state index in [9.17, 15) is 13.2 Å². The van der Waals surface area contributed by atoms with Gasteiger partial charge in [0, 0.05) is 6.54 Å². The molecule has 7 heteroatoms. The van der Waals surface area contributed by atoms with E-state index in [1.807, 2.05) is 24.3 Å². The fourth-order valence-electron chi connectivity index (χ4n) is 2.42. The molecule has 1 N–H and O–H groups in total. The first-order valence-electron chi connectivity index (χ1n) is 8.25. The topological polar surface area (TPSA) is 81.7 Å². The van der Waals surface area contributed by atoms with Gasteiger partial charge in [-0.25, -0.2) is 17.9 Å². The Kier molecular flexibility index (Phi) is 6.76. The number of nitrogens with one attached hydrogen (secondary N) is 1. The van der Waals surface area contributed by atoms with Crippen LogP contribution in [0.15, 0.2) is 53.4 Å². The molecule has 0 aliphatic carbocycles. The monoisotopic (exact) mass is 377 g/mol. The van der Waals surface area contributed by atoms with E-state index in [2.05, 4.69) is 23.3 Å². The number of esters is 1. The second kappa shape index (κ2) is 8.82. The van der Waals surface area contributed by atoms with E-state index >= 15 is 0 Å².